The minimum absolute atomic E-state index is 0.0998. The average molecular weight is 661 g/mol. The highest BCUT2D eigenvalue weighted by molar-refractivity contribution is 5.97. The number of carbonyl (C=O) groups excluding carboxylic acids is 4. The Morgan fingerprint density at radius 3 is 2.15 bits per heavy atom. The summed E-state index contributed by atoms with van der Waals surface area (Å²) in [6.45, 7) is 9.56. The molecule has 1 heterocycles. The Labute approximate surface area is 280 Å². The summed E-state index contributed by atoms with van der Waals surface area (Å²) in [5.74, 6) is -4.02. The van der Waals surface area contributed by atoms with E-state index in [-0.39, 0.29) is 43.2 Å². The van der Waals surface area contributed by atoms with E-state index in [9.17, 15) is 24.6 Å². The van der Waals surface area contributed by atoms with Crippen molar-refractivity contribution in [2.24, 2.45) is 22.7 Å². The largest absolute Gasteiger partial charge is 0.455 e. The van der Waals surface area contributed by atoms with Gasteiger partial charge in [-0.15, -0.1) is 0 Å². The first-order valence-corrected chi connectivity index (χ1v) is 16.5. The Kier molecular flexibility index (Phi) is 8.55. The first-order valence-electron chi connectivity index (χ1n) is 16.5. The molecule has 0 aromatic heterocycles. The first-order chi connectivity index (χ1) is 22.6. The number of hydrogen-bond donors (Lipinski definition) is 2. The van der Waals surface area contributed by atoms with Crippen molar-refractivity contribution in [3.8, 4) is 0 Å². The molecular formula is C38H44O10. The number of aliphatic hydroxyl groups is 2. The molecule has 1 aliphatic heterocycles. The fraction of sp³-hybridized carbons (Fsp3) is 0.526. The molecule has 10 heteroatoms. The lowest BCUT2D eigenvalue weighted by atomic mass is 9.43. The van der Waals surface area contributed by atoms with Gasteiger partial charge < -0.3 is 29.2 Å². The fourth-order valence-electron chi connectivity index (χ4n) is 9.26. The monoisotopic (exact) mass is 660 g/mol. The van der Waals surface area contributed by atoms with Gasteiger partial charge in [-0.3, -0.25) is 14.4 Å². The van der Waals surface area contributed by atoms with Gasteiger partial charge in [-0.05, 0) is 37.1 Å². The summed E-state index contributed by atoms with van der Waals surface area (Å²) in [5.41, 5.74) is -4.46. The molecule has 0 amide bonds. The molecule has 3 aliphatic carbocycles. The maximum absolute atomic E-state index is 15.2. The Hall–Kier alpha value is -3.70. The van der Waals surface area contributed by atoms with E-state index in [1.54, 1.807) is 95.3 Å². The maximum atomic E-state index is 15.2. The van der Waals surface area contributed by atoms with Crippen molar-refractivity contribution in [2.45, 2.75) is 90.0 Å². The highest BCUT2D eigenvalue weighted by Gasteiger charge is 2.77. The van der Waals surface area contributed by atoms with Gasteiger partial charge in [0.25, 0.3) is 0 Å². The van der Waals surface area contributed by atoms with E-state index in [4.69, 9.17) is 18.9 Å². The topological polar surface area (TPSA) is 146 Å². The van der Waals surface area contributed by atoms with Crippen molar-refractivity contribution in [2.75, 3.05) is 13.2 Å². The molecule has 0 radical (unpaired) electrons. The summed E-state index contributed by atoms with van der Waals surface area (Å²) < 4.78 is 25.0. The number of aliphatic hydroxyl groups excluding tert-OH is 1. The van der Waals surface area contributed by atoms with Crippen LogP contribution in [0.5, 0.6) is 0 Å². The Bertz CT molecular complexity index is 1650. The van der Waals surface area contributed by atoms with Crippen molar-refractivity contribution >= 4 is 23.5 Å². The molecule has 0 spiro atoms. The number of ether oxygens (including phenoxy) is 4. The van der Waals surface area contributed by atoms with E-state index >= 15 is 4.79 Å². The van der Waals surface area contributed by atoms with Crippen LogP contribution in [0.15, 0.2) is 71.8 Å². The third kappa shape index (κ3) is 4.99. The van der Waals surface area contributed by atoms with E-state index < -0.39 is 70.2 Å². The minimum Gasteiger partial charge on any atom is -0.455 e. The van der Waals surface area contributed by atoms with Crippen LogP contribution in [-0.2, 0) is 28.5 Å². The predicted molar refractivity (Wildman–Crippen MR) is 173 cm³/mol. The van der Waals surface area contributed by atoms with Gasteiger partial charge in [0.05, 0.1) is 35.7 Å². The third-order valence-corrected chi connectivity index (χ3v) is 11.7. The second kappa shape index (κ2) is 12.0. The summed E-state index contributed by atoms with van der Waals surface area (Å²) in [7, 11) is 0. The molecule has 256 valence electrons. The van der Waals surface area contributed by atoms with Crippen LogP contribution in [0.4, 0.5) is 0 Å². The molecule has 2 saturated carbocycles. The number of Topliss-reactive ketones (excluding diaryl/α,β-unsaturated/α-hetero) is 2. The number of benzene rings is 2. The van der Waals surface area contributed by atoms with Crippen LogP contribution in [0.1, 0.15) is 75.1 Å². The van der Waals surface area contributed by atoms with Gasteiger partial charge in [-0.2, -0.15) is 0 Å². The maximum Gasteiger partial charge on any atom is 0.338 e. The van der Waals surface area contributed by atoms with Crippen LogP contribution in [0, 0.1) is 22.7 Å². The van der Waals surface area contributed by atoms with Gasteiger partial charge >= 0.3 is 11.9 Å². The Morgan fingerprint density at radius 1 is 0.979 bits per heavy atom. The molecule has 3 fully saturated rings. The number of fused-ring (bicyclic) bond motifs is 5. The summed E-state index contributed by atoms with van der Waals surface area (Å²) in [6.07, 6.45) is -4.52. The number of ketones is 2. The quantitative estimate of drug-likeness (QED) is 0.251. The van der Waals surface area contributed by atoms with E-state index in [0.717, 1.165) is 0 Å². The molecular weight excluding hydrogens is 616 g/mol. The zero-order valence-corrected chi connectivity index (χ0v) is 28.2. The molecule has 10 nitrogen and oxygen atoms in total. The van der Waals surface area contributed by atoms with Crippen LogP contribution in [0.25, 0.3) is 0 Å². The van der Waals surface area contributed by atoms with Gasteiger partial charge in [0.1, 0.15) is 30.2 Å². The standard InChI is InChI=1S/C38H44O10/c1-21-26(40)18-38(44)33(47-34(43)25-15-11-8-12-16-25)31-36(6,32(42)22(2)30(21)35(38,4)5)28(17-29-37(31,20-46-29)48-23(3)39)45-19-27(41)24-13-9-7-10-14-24/h7-16,22,26,28-29,31,33,40,44H,17-20H2,1-6H3/t22-,26+,28+,29-,31+,33+,36-,37+,38-/m1/s1. The summed E-state index contributed by atoms with van der Waals surface area (Å²) >= 11 is 0. The van der Waals surface area contributed by atoms with Crippen molar-refractivity contribution in [1.82, 2.24) is 0 Å². The number of rotatable bonds is 7. The van der Waals surface area contributed by atoms with Crippen LogP contribution >= 0.6 is 0 Å². The van der Waals surface area contributed by atoms with E-state index in [1.807, 2.05) is 0 Å². The summed E-state index contributed by atoms with van der Waals surface area (Å²) in [5, 5.41) is 24.5. The molecule has 2 aromatic rings. The second-order valence-electron chi connectivity index (χ2n) is 14.6. The third-order valence-electron chi connectivity index (χ3n) is 11.7. The lowest BCUT2D eigenvalue weighted by Crippen LogP contribution is -2.81. The minimum atomic E-state index is -1.96. The van der Waals surface area contributed by atoms with Gasteiger partial charge in [0, 0.05) is 36.7 Å². The molecule has 2 bridgehead atoms. The van der Waals surface area contributed by atoms with Gasteiger partial charge in [0.2, 0.25) is 0 Å². The number of hydrogen-bond acceptors (Lipinski definition) is 10. The number of esters is 2. The first kappa shape index (κ1) is 34.2. The summed E-state index contributed by atoms with van der Waals surface area (Å²) in [6, 6.07) is 16.9. The number of carbonyl (C=O) groups is 4. The molecule has 1 saturated heterocycles. The Balaban J connectivity index is 1.57. The Morgan fingerprint density at radius 2 is 1.58 bits per heavy atom. The normalized spacial score (nSPS) is 36.8. The SMILES string of the molecule is CC(=O)O[C@@]12CO[C@@H]1C[C@H](OCC(=O)c1ccccc1)[C@@]1(C)C(=O)[C@H](C)C3=C(C)[C@@H](O)C[C@@](O)([C@@H](OC(=O)c4ccccc4)[C@H]21)C3(C)C. The molecule has 2 aromatic carbocycles. The molecule has 2 N–H and O–H groups in total. The molecule has 4 aliphatic rings. The molecule has 48 heavy (non-hydrogen) atoms. The average Bonchev–Trinajstić information content (AvgIpc) is 3.05. The molecule has 9 atom stereocenters. The van der Waals surface area contributed by atoms with Crippen molar-refractivity contribution in [3.63, 3.8) is 0 Å². The van der Waals surface area contributed by atoms with E-state index in [0.29, 0.717) is 16.7 Å². The van der Waals surface area contributed by atoms with Crippen LogP contribution in [0.2, 0.25) is 0 Å². The fourth-order valence-corrected chi connectivity index (χ4v) is 9.26. The predicted octanol–water partition coefficient (Wildman–Crippen LogP) is 4.26. The van der Waals surface area contributed by atoms with Crippen LogP contribution in [-0.4, -0.2) is 82.5 Å². The van der Waals surface area contributed by atoms with Crippen LogP contribution < -0.4 is 0 Å². The lowest BCUT2D eigenvalue weighted by Gasteiger charge is -2.68. The van der Waals surface area contributed by atoms with Crippen molar-refractivity contribution < 1.29 is 48.3 Å². The second-order valence-corrected chi connectivity index (χ2v) is 14.6. The highest BCUT2D eigenvalue weighted by atomic mass is 16.6. The molecule has 0 unspecified atom stereocenters. The van der Waals surface area contributed by atoms with E-state index in [2.05, 4.69) is 0 Å². The van der Waals surface area contributed by atoms with Crippen molar-refractivity contribution in [3.05, 3.63) is 82.9 Å². The highest BCUT2D eigenvalue weighted by Crippen LogP contribution is 2.65. The van der Waals surface area contributed by atoms with Gasteiger partial charge in [0.15, 0.2) is 11.4 Å². The lowest BCUT2D eigenvalue weighted by molar-refractivity contribution is -0.347. The van der Waals surface area contributed by atoms with Crippen LogP contribution in [0.3, 0.4) is 0 Å². The van der Waals surface area contributed by atoms with Crippen molar-refractivity contribution in [1.29, 1.82) is 0 Å². The molecule has 6 rings (SSSR count). The smallest absolute Gasteiger partial charge is 0.338 e. The zero-order chi connectivity index (χ0) is 34.8. The van der Waals surface area contributed by atoms with Gasteiger partial charge in [-0.25, -0.2) is 4.79 Å². The summed E-state index contributed by atoms with van der Waals surface area (Å²) in [4.78, 5) is 55.3. The zero-order valence-electron chi connectivity index (χ0n) is 28.2. The van der Waals surface area contributed by atoms with E-state index in [1.165, 1.54) is 6.92 Å². The van der Waals surface area contributed by atoms with Gasteiger partial charge in [-0.1, -0.05) is 69.3 Å².